The van der Waals surface area contributed by atoms with E-state index in [1.165, 1.54) is 41.4 Å². The van der Waals surface area contributed by atoms with E-state index in [-0.39, 0.29) is 48.3 Å². The molecule has 0 spiro atoms. The van der Waals surface area contributed by atoms with Gasteiger partial charge in [-0.05, 0) is 55.5 Å². The maximum Gasteiger partial charge on any atom is 0.416 e. The number of fused-ring (bicyclic) bond motifs is 1. The van der Waals surface area contributed by atoms with Crippen molar-refractivity contribution in [3.63, 3.8) is 0 Å². The smallest absolute Gasteiger partial charge is 0.416 e. The van der Waals surface area contributed by atoms with Gasteiger partial charge < -0.3 is 30.3 Å². The van der Waals surface area contributed by atoms with Crippen LogP contribution in [0.15, 0.2) is 67.0 Å². The highest BCUT2D eigenvalue weighted by Crippen LogP contribution is 2.35. The topological polar surface area (TPSA) is 124 Å². The van der Waals surface area contributed by atoms with Crippen molar-refractivity contribution in [3.8, 4) is 5.75 Å². The number of aliphatic hydroxyl groups excluding tert-OH is 1. The van der Waals surface area contributed by atoms with Gasteiger partial charge in [-0.2, -0.15) is 13.2 Å². The van der Waals surface area contributed by atoms with Crippen molar-refractivity contribution in [2.24, 2.45) is 5.92 Å². The SMILES string of the molecule is C[C@H](CO)N1C[C@H](C)[C@@H](CN(C)C(=O)Nc2ccc(C(F)(F)F)cc2)Oc2c(NC(=O)c3ccncc3)cccc2C1=O. The van der Waals surface area contributed by atoms with Gasteiger partial charge >= 0.3 is 12.2 Å². The van der Waals surface area contributed by atoms with E-state index < -0.39 is 41.7 Å². The lowest BCUT2D eigenvalue weighted by atomic mass is 9.99. The number of nitrogens with zero attached hydrogens (tertiary/aromatic N) is 3. The summed E-state index contributed by atoms with van der Waals surface area (Å²) in [7, 11) is 1.51. The molecule has 2 aromatic carbocycles. The first-order valence-electron chi connectivity index (χ1n) is 13.5. The zero-order valence-corrected chi connectivity index (χ0v) is 23.8. The summed E-state index contributed by atoms with van der Waals surface area (Å²) in [6, 6.07) is 10.8. The highest BCUT2D eigenvalue weighted by molar-refractivity contribution is 6.07. The number of hydrogen-bond acceptors (Lipinski definition) is 6. The Morgan fingerprint density at radius 2 is 1.79 bits per heavy atom. The summed E-state index contributed by atoms with van der Waals surface area (Å²) in [5.41, 5.74) is 0.0838. The molecule has 3 N–H and O–H groups in total. The van der Waals surface area contributed by atoms with Crippen molar-refractivity contribution < 1.29 is 37.4 Å². The van der Waals surface area contributed by atoms with Crippen LogP contribution in [0.3, 0.4) is 0 Å². The summed E-state index contributed by atoms with van der Waals surface area (Å²) in [4.78, 5) is 46.4. The minimum Gasteiger partial charge on any atom is -0.485 e. The van der Waals surface area contributed by atoms with Crippen LogP contribution in [0.2, 0.25) is 0 Å². The molecule has 3 atom stereocenters. The number of nitrogens with one attached hydrogen (secondary N) is 2. The average Bonchev–Trinajstić information content (AvgIpc) is 2.99. The fourth-order valence-corrected chi connectivity index (χ4v) is 4.57. The van der Waals surface area contributed by atoms with Gasteiger partial charge in [0, 0.05) is 43.2 Å². The molecule has 1 aliphatic rings. The third-order valence-electron chi connectivity index (χ3n) is 7.15. The summed E-state index contributed by atoms with van der Waals surface area (Å²) in [5, 5.41) is 15.2. The van der Waals surface area contributed by atoms with E-state index in [2.05, 4.69) is 15.6 Å². The number of alkyl halides is 3. The number of amides is 4. The number of aromatic nitrogens is 1. The van der Waals surface area contributed by atoms with Crippen LogP contribution in [-0.2, 0) is 6.18 Å². The van der Waals surface area contributed by atoms with Crippen LogP contribution in [0.4, 0.5) is 29.3 Å². The maximum atomic E-state index is 13.6. The number of rotatable bonds is 7. The molecule has 0 bridgehead atoms. The van der Waals surface area contributed by atoms with Crippen molar-refractivity contribution in [3.05, 3.63) is 83.7 Å². The first kappa shape index (κ1) is 31.3. The molecule has 228 valence electrons. The highest BCUT2D eigenvalue weighted by atomic mass is 19.4. The molecule has 43 heavy (non-hydrogen) atoms. The number of carbonyl (C=O) groups is 3. The van der Waals surface area contributed by atoms with Crippen molar-refractivity contribution in [1.82, 2.24) is 14.8 Å². The van der Waals surface area contributed by atoms with E-state index in [1.54, 1.807) is 25.1 Å². The number of pyridine rings is 1. The third kappa shape index (κ3) is 7.41. The zero-order chi connectivity index (χ0) is 31.3. The van der Waals surface area contributed by atoms with E-state index in [0.717, 1.165) is 24.3 Å². The Balaban J connectivity index is 1.61. The van der Waals surface area contributed by atoms with Crippen LogP contribution < -0.4 is 15.4 Å². The molecule has 0 aliphatic carbocycles. The van der Waals surface area contributed by atoms with Gasteiger partial charge in [-0.1, -0.05) is 13.0 Å². The summed E-state index contributed by atoms with van der Waals surface area (Å²) in [6.45, 7) is 3.48. The Bertz CT molecular complexity index is 1450. The van der Waals surface area contributed by atoms with Gasteiger partial charge in [-0.3, -0.25) is 14.6 Å². The molecule has 2 heterocycles. The average molecular weight is 600 g/mol. The lowest BCUT2D eigenvalue weighted by Gasteiger charge is -2.38. The molecule has 4 rings (SSSR count). The van der Waals surface area contributed by atoms with Crippen molar-refractivity contribution in [1.29, 1.82) is 0 Å². The largest absolute Gasteiger partial charge is 0.485 e. The number of anilines is 2. The van der Waals surface area contributed by atoms with Gasteiger partial charge in [-0.15, -0.1) is 0 Å². The van der Waals surface area contributed by atoms with Crippen LogP contribution >= 0.6 is 0 Å². The van der Waals surface area contributed by atoms with Crippen LogP contribution in [0, 0.1) is 5.92 Å². The standard InChI is InChI=1S/C30H32F3N5O5/c1-18-15-38(19(2)17-39)28(41)23-5-4-6-24(36-27(40)20-11-13-34-14-12-20)26(23)43-25(18)16-37(3)29(42)35-22-9-7-21(8-10-22)30(31,32)33/h4-14,18-19,25,39H,15-17H2,1-3H3,(H,35,42)(H,36,40)/t18-,19+,25+/m0/s1. The minimum absolute atomic E-state index is 0.0231. The van der Waals surface area contributed by atoms with E-state index in [9.17, 15) is 32.7 Å². The Labute approximate surface area is 246 Å². The molecule has 0 saturated heterocycles. The van der Waals surface area contributed by atoms with Crippen molar-refractivity contribution in [2.45, 2.75) is 32.2 Å². The van der Waals surface area contributed by atoms with Gasteiger partial charge in [0.25, 0.3) is 11.8 Å². The minimum atomic E-state index is -4.50. The van der Waals surface area contributed by atoms with E-state index >= 15 is 0 Å². The number of likely N-dealkylation sites (N-methyl/N-ethyl adjacent to an activating group) is 1. The van der Waals surface area contributed by atoms with Crippen LogP contribution in [-0.4, -0.2) is 76.6 Å². The number of hydrogen-bond donors (Lipinski definition) is 3. The Hall–Kier alpha value is -4.65. The van der Waals surface area contributed by atoms with Crippen LogP contribution in [0.1, 0.15) is 40.1 Å². The zero-order valence-electron chi connectivity index (χ0n) is 23.8. The lowest BCUT2D eigenvalue weighted by molar-refractivity contribution is -0.137. The van der Waals surface area contributed by atoms with Gasteiger partial charge in [0.15, 0.2) is 5.75 Å². The number of ether oxygens (including phenoxy) is 1. The number of carbonyl (C=O) groups excluding carboxylic acids is 3. The highest BCUT2D eigenvalue weighted by Gasteiger charge is 2.35. The van der Waals surface area contributed by atoms with Gasteiger partial charge in [-0.25, -0.2) is 4.79 Å². The maximum absolute atomic E-state index is 13.6. The lowest BCUT2D eigenvalue weighted by Crippen LogP contribution is -2.50. The predicted molar refractivity (Wildman–Crippen MR) is 153 cm³/mol. The number of urea groups is 1. The molecule has 3 aromatic rings. The predicted octanol–water partition coefficient (Wildman–Crippen LogP) is 4.74. The second-order valence-electron chi connectivity index (χ2n) is 10.4. The Morgan fingerprint density at radius 1 is 1.12 bits per heavy atom. The molecular weight excluding hydrogens is 567 g/mol. The van der Waals surface area contributed by atoms with Crippen molar-refractivity contribution in [2.75, 3.05) is 37.4 Å². The Kier molecular flexibility index (Phi) is 9.54. The second-order valence-corrected chi connectivity index (χ2v) is 10.4. The summed E-state index contributed by atoms with van der Waals surface area (Å²) >= 11 is 0. The molecule has 0 fully saturated rings. The fourth-order valence-electron chi connectivity index (χ4n) is 4.57. The molecule has 10 nitrogen and oxygen atoms in total. The third-order valence-corrected chi connectivity index (χ3v) is 7.15. The van der Waals surface area contributed by atoms with E-state index in [0.29, 0.717) is 5.56 Å². The second kappa shape index (κ2) is 13.1. The monoisotopic (exact) mass is 599 g/mol. The van der Waals surface area contributed by atoms with Gasteiger partial charge in [0.05, 0.1) is 36.0 Å². The summed E-state index contributed by atoms with van der Waals surface area (Å²) in [6.07, 6.45) is -2.24. The van der Waals surface area contributed by atoms with E-state index in [1.807, 2.05) is 6.92 Å². The quantitative estimate of drug-likeness (QED) is 0.361. The normalized spacial score (nSPS) is 17.6. The van der Waals surface area contributed by atoms with Crippen LogP contribution in [0.5, 0.6) is 5.75 Å². The first-order chi connectivity index (χ1) is 20.4. The summed E-state index contributed by atoms with van der Waals surface area (Å²) < 4.78 is 45.1. The number of halogens is 3. The number of para-hydroxylation sites is 1. The molecular formula is C30H32F3N5O5. The van der Waals surface area contributed by atoms with E-state index in [4.69, 9.17) is 4.74 Å². The number of aliphatic hydroxyl groups is 1. The van der Waals surface area contributed by atoms with Gasteiger partial charge in [0.1, 0.15) is 6.10 Å². The number of benzene rings is 2. The van der Waals surface area contributed by atoms with Crippen molar-refractivity contribution >= 4 is 29.2 Å². The first-order valence-corrected chi connectivity index (χ1v) is 13.5. The molecule has 0 radical (unpaired) electrons. The molecule has 1 aromatic heterocycles. The molecule has 1 aliphatic heterocycles. The fraction of sp³-hybridized carbons (Fsp3) is 0.333. The Morgan fingerprint density at radius 3 is 2.42 bits per heavy atom. The molecule has 13 heteroatoms. The summed E-state index contributed by atoms with van der Waals surface area (Å²) in [5.74, 6) is -1.09. The molecule has 0 unspecified atom stereocenters. The molecule has 0 saturated carbocycles. The molecule has 4 amide bonds. The van der Waals surface area contributed by atoms with Crippen LogP contribution in [0.25, 0.3) is 0 Å². The van der Waals surface area contributed by atoms with Gasteiger partial charge in [0.2, 0.25) is 0 Å².